The van der Waals surface area contributed by atoms with Gasteiger partial charge in [0.1, 0.15) is 5.54 Å². The molecule has 0 saturated carbocycles. The molecule has 1 rings (SSSR count). The Balaban J connectivity index is 0. The summed E-state index contributed by atoms with van der Waals surface area (Å²) in [5.41, 5.74) is 6.07. The number of carbonyl (C=O) groups excluding carboxylic acids is 1. The lowest BCUT2D eigenvalue weighted by Gasteiger charge is -2.27. The van der Waals surface area contributed by atoms with Gasteiger partial charge in [-0.05, 0) is 51.9 Å². The van der Waals surface area contributed by atoms with Crippen LogP contribution in [0.4, 0.5) is 0 Å². The predicted octanol–water partition coefficient (Wildman–Crippen LogP) is 3.33. The Morgan fingerprint density at radius 1 is 1.21 bits per heavy atom. The molecule has 0 bridgehead atoms. The van der Waals surface area contributed by atoms with Crippen LogP contribution >= 0.6 is 24.8 Å². The van der Waals surface area contributed by atoms with Gasteiger partial charge in [0.05, 0.1) is 0 Å². The molecule has 0 aromatic heterocycles. The SMILES string of the molecule is CCN(CC)CCCC(C)NC(=O)C(C)(N)c1ccccc1.Cl.Cl. The molecule has 140 valence electrons. The first-order chi connectivity index (χ1) is 10.4. The molecular weight excluding hydrogens is 345 g/mol. The molecule has 2 atom stereocenters. The van der Waals surface area contributed by atoms with Crippen molar-refractivity contribution in [1.82, 2.24) is 10.2 Å². The molecule has 0 radical (unpaired) electrons. The van der Waals surface area contributed by atoms with E-state index in [-0.39, 0.29) is 36.8 Å². The molecule has 1 aromatic rings. The lowest BCUT2D eigenvalue weighted by Crippen LogP contribution is -2.51. The number of nitrogens with two attached hydrogens (primary N) is 1. The van der Waals surface area contributed by atoms with Gasteiger partial charge in [0.2, 0.25) is 5.91 Å². The molecule has 24 heavy (non-hydrogen) atoms. The monoisotopic (exact) mass is 377 g/mol. The third kappa shape index (κ3) is 7.84. The first-order valence-corrected chi connectivity index (χ1v) is 8.29. The summed E-state index contributed by atoms with van der Waals surface area (Å²) in [4.78, 5) is 14.8. The van der Waals surface area contributed by atoms with E-state index in [0.29, 0.717) is 0 Å². The Labute approximate surface area is 159 Å². The van der Waals surface area contributed by atoms with Crippen LogP contribution in [-0.4, -0.2) is 36.5 Å². The van der Waals surface area contributed by atoms with Crippen molar-refractivity contribution < 1.29 is 4.79 Å². The summed E-state index contributed by atoms with van der Waals surface area (Å²) in [7, 11) is 0. The number of nitrogens with one attached hydrogen (secondary N) is 1. The third-order valence-corrected chi connectivity index (χ3v) is 4.23. The summed E-state index contributed by atoms with van der Waals surface area (Å²) in [6, 6.07) is 9.65. The number of halogens is 2. The van der Waals surface area contributed by atoms with Crippen LogP contribution in [0, 0.1) is 0 Å². The molecule has 0 aliphatic carbocycles. The number of hydrogen-bond donors (Lipinski definition) is 2. The molecule has 0 heterocycles. The average molecular weight is 378 g/mol. The Hall–Kier alpha value is -0.810. The fraction of sp³-hybridized carbons (Fsp3) is 0.611. The molecule has 0 aliphatic rings. The Kier molecular flexibility index (Phi) is 13.3. The van der Waals surface area contributed by atoms with Crippen LogP contribution in [0.1, 0.15) is 46.1 Å². The van der Waals surface area contributed by atoms with E-state index < -0.39 is 5.54 Å². The van der Waals surface area contributed by atoms with Crippen molar-refractivity contribution in [2.75, 3.05) is 19.6 Å². The fourth-order valence-corrected chi connectivity index (χ4v) is 2.52. The molecule has 1 aromatic carbocycles. The average Bonchev–Trinajstić information content (AvgIpc) is 2.52. The molecule has 3 N–H and O–H groups in total. The lowest BCUT2D eigenvalue weighted by molar-refractivity contribution is -0.126. The number of carbonyl (C=O) groups is 1. The molecule has 0 fully saturated rings. The van der Waals surface area contributed by atoms with Gasteiger partial charge in [-0.25, -0.2) is 0 Å². The second-order valence-corrected chi connectivity index (χ2v) is 6.11. The minimum atomic E-state index is -0.992. The molecule has 0 spiro atoms. The van der Waals surface area contributed by atoms with Crippen LogP contribution in [0.25, 0.3) is 0 Å². The first kappa shape index (κ1) is 25.4. The summed E-state index contributed by atoms with van der Waals surface area (Å²) in [5, 5.41) is 3.05. The van der Waals surface area contributed by atoms with Crippen molar-refractivity contribution in [2.45, 2.75) is 52.1 Å². The van der Waals surface area contributed by atoms with Crippen LogP contribution in [0.15, 0.2) is 30.3 Å². The zero-order valence-corrected chi connectivity index (χ0v) is 16.9. The van der Waals surface area contributed by atoms with Crippen molar-refractivity contribution in [3.05, 3.63) is 35.9 Å². The molecule has 0 aliphatic heterocycles. The highest BCUT2D eigenvalue weighted by Crippen LogP contribution is 2.17. The van der Waals surface area contributed by atoms with Crippen molar-refractivity contribution in [3.8, 4) is 0 Å². The predicted molar refractivity (Wildman–Crippen MR) is 107 cm³/mol. The van der Waals surface area contributed by atoms with Gasteiger partial charge in [-0.2, -0.15) is 0 Å². The quantitative estimate of drug-likeness (QED) is 0.693. The topological polar surface area (TPSA) is 58.4 Å². The van der Waals surface area contributed by atoms with E-state index in [4.69, 9.17) is 5.73 Å². The van der Waals surface area contributed by atoms with Gasteiger partial charge in [-0.3, -0.25) is 4.79 Å². The van der Waals surface area contributed by atoms with E-state index in [9.17, 15) is 4.79 Å². The van der Waals surface area contributed by atoms with E-state index in [1.807, 2.05) is 37.3 Å². The fourth-order valence-electron chi connectivity index (χ4n) is 2.52. The Bertz CT molecular complexity index is 451. The Morgan fingerprint density at radius 3 is 2.25 bits per heavy atom. The third-order valence-electron chi connectivity index (χ3n) is 4.23. The van der Waals surface area contributed by atoms with Crippen LogP contribution < -0.4 is 11.1 Å². The molecule has 2 unspecified atom stereocenters. The standard InChI is InChI=1S/C18H31N3O.2ClH/c1-5-21(6-2)14-10-11-15(3)20-17(22)18(4,19)16-12-8-7-9-13-16;;/h7-9,12-13,15H,5-6,10-11,14,19H2,1-4H3,(H,20,22);2*1H. The molecule has 0 saturated heterocycles. The number of rotatable bonds is 9. The molecule has 1 amide bonds. The van der Waals surface area contributed by atoms with Gasteiger partial charge in [0, 0.05) is 6.04 Å². The molecule has 6 heteroatoms. The van der Waals surface area contributed by atoms with Crippen LogP contribution in [0.3, 0.4) is 0 Å². The summed E-state index contributed by atoms with van der Waals surface area (Å²) in [6.45, 7) is 11.4. The highest BCUT2D eigenvalue weighted by Gasteiger charge is 2.30. The minimum Gasteiger partial charge on any atom is -0.352 e. The van der Waals surface area contributed by atoms with E-state index >= 15 is 0 Å². The van der Waals surface area contributed by atoms with Gasteiger partial charge < -0.3 is 16.0 Å². The van der Waals surface area contributed by atoms with E-state index in [1.165, 1.54) is 0 Å². The number of nitrogens with zero attached hydrogens (tertiary/aromatic N) is 1. The normalized spacial score (nSPS) is 14.1. The zero-order valence-electron chi connectivity index (χ0n) is 15.2. The second-order valence-electron chi connectivity index (χ2n) is 6.11. The maximum atomic E-state index is 12.4. The largest absolute Gasteiger partial charge is 0.352 e. The lowest BCUT2D eigenvalue weighted by atomic mass is 9.92. The van der Waals surface area contributed by atoms with Gasteiger partial charge in [-0.15, -0.1) is 24.8 Å². The van der Waals surface area contributed by atoms with Crippen molar-refractivity contribution in [2.24, 2.45) is 5.73 Å². The van der Waals surface area contributed by atoms with Crippen LogP contribution in [-0.2, 0) is 10.3 Å². The smallest absolute Gasteiger partial charge is 0.244 e. The molecule has 4 nitrogen and oxygen atoms in total. The van der Waals surface area contributed by atoms with Gasteiger partial charge in [-0.1, -0.05) is 44.2 Å². The maximum absolute atomic E-state index is 12.4. The summed E-state index contributed by atoms with van der Waals surface area (Å²) >= 11 is 0. The summed E-state index contributed by atoms with van der Waals surface area (Å²) in [5.74, 6) is -0.117. The zero-order chi connectivity index (χ0) is 16.6. The number of benzene rings is 1. The van der Waals surface area contributed by atoms with E-state index in [2.05, 4.69) is 24.1 Å². The van der Waals surface area contributed by atoms with E-state index in [0.717, 1.165) is 38.0 Å². The van der Waals surface area contributed by atoms with Crippen molar-refractivity contribution >= 4 is 30.7 Å². The highest BCUT2D eigenvalue weighted by atomic mass is 35.5. The van der Waals surface area contributed by atoms with Crippen molar-refractivity contribution in [3.63, 3.8) is 0 Å². The highest BCUT2D eigenvalue weighted by molar-refractivity contribution is 5.87. The Morgan fingerprint density at radius 2 is 1.75 bits per heavy atom. The minimum absolute atomic E-state index is 0. The summed E-state index contributed by atoms with van der Waals surface area (Å²) < 4.78 is 0. The van der Waals surface area contributed by atoms with Gasteiger partial charge in [0.15, 0.2) is 0 Å². The van der Waals surface area contributed by atoms with E-state index in [1.54, 1.807) is 6.92 Å². The van der Waals surface area contributed by atoms with Crippen LogP contribution in [0.2, 0.25) is 0 Å². The maximum Gasteiger partial charge on any atom is 0.244 e. The van der Waals surface area contributed by atoms with Crippen LogP contribution in [0.5, 0.6) is 0 Å². The van der Waals surface area contributed by atoms with Gasteiger partial charge in [0.25, 0.3) is 0 Å². The number of hydrogen-bond acceptors (Lipinski definition) is 3. The molecular formula is C18H33Cl2N3O. The van der Waals surface area contributed by atoms with Crippen molar-refractivity contribution in [1.29, 1.82) is 0 Å². The summed E-state index contributed by atoms with van der Waals surface area (Å²) in [6.07, 6.45) is 2.04. The first-order valence-electron chi connectivity index (χ1n) is 8.29. The van der Waals surface area contributed by atoms with Gasteiger partial charge >= 0.3 is 0 Å². The second kappa shape index (κ2) is 12.5. The number of amides is 1.